The average molecular weight is 290 g/mol. The van der Waals surface area contributed by atoms with Gasteiger partial charge in [0.25, 0.3) is 5.91 Å². The van der Waals surface area contributed by atoms with Crippen molar-refractivity contribution in [3.05, 3.63) is 23.3 Å². The molecule has 8 nitrogen and oxygen atoms in total. The van der Waals surface area contributed by atoms with Gasteiger partial charge in [0.1, 0.15) is 0 Å². The van der Waals surface area contributed by atoms with Crippen LogP contribution >= 0.6 is 0 Å². The van der Waals surface area contributed by atoms with Crippen LogP contribution in [0, 0.1) is 0 Å². The lowest BCUT2D eigenvalue weighted by Crippen LogP contribution is -2.13. The summed E-state index contributed by atoms with van der Waals surface area (Å²) in [6, 6.07) is 0.211. The Bertz CT molecular complexity index is 641. The van der Waals surface area contributed by atoms with Gasteiger partial charge in [0.05, 0.1) is 17.3 Å². The molecule has 1 saturated heterocycles. The molecule has 2 aromatic heterocycles. The third-order valence-corrected chi connectivity index (χ3v) is 3.50. The van der Waals surface area contributed by atoms with Crippen LogP contribution in [0.5, 0.6) is 0 Å². The maximum absolute atomic E-state index is 12.2. The highest BCUT2D eigenvalue weighted by Gasteiger charge is 2.23. The van der Waals surface area contributed by atoms with Crippen molar-refractivity contribution in [2.75, 3.05) is 11.9 Å². The molecule has 3 rings (SSSR count). The molecule has 0 spiro atoms. The van der Waals surface area contributed by atoms with E-state index < -0.39 is 0 Å². The summed E-state index contributed by atoms with van der Waals surface area (Å²) < 4.78 is 7.12. The first kappa shape index (κ1) is 13.7. The zero-order valence-corrected chi connectivity index (χ0v) is 12.1. The fraction of sp³-hybridized carbons (Fsp3) is 0.538. The van der Waals surface area contributed by atoms with Crippen LogP contribution in [0.2, 0.25) is 0 Å². The van der Waals surface area contributed by atoms with Crippen LogP contribution in [0.4, 0.5) is 6.01 Å². The van der Waals surface area contributed by atoms with Gasteiger partial charge in [-0.3, -0.25) is 14.8 Å². The Labute approximate surface area is 121 Å². The molecule has 2 aromatic rings. The van der Waals surface area contributed by atoms with Crippen LogP contribution in [0.15, 0.2) is 10.6 Å². The van der Waals surface area contributed by atoms with Gasteiger partial charge in [-0.1, -0.05) is 12.0 Å². The number of carbonyl (C=O) groups excluding carboxylic acids is 1. The highest BCUT2D eigenvalue weighted by molar-refractivity contribution is 6.03. The molecule has 0 aromatic carbocycles. The van der Waals surface area contributed by atoms with Crippen LogP contribution in [-0.2, 0) is 13.5 Å². The number of nitrogens with zero attached hydrogens (tertiary/aromatic N) is 4. The number of aromatic nitrogens is 4. The van der Waals surface area contributed by atoms with Crippen molar-refractivity contribution in [2.24, 2.45) is 7.05 Å². The highest BCUT2D eigenvalue weighted by Crippen LogP contribution is 2.23. The van der Waals surface area contributed by atoms with E-state index in [1.807, 2.05) is 6.92 Å². The summed E-state index contributed by atoms with van der Waals surface area (Å²) in [5, 5.41) is 18.0. The highest BCUT2D eigenvalue weighted by atomic mass is 16.4. The van der Waals surface area contributed by atoms with E-state index in [4.69, 9.17) is 4.42 Å². The summed E-state index contributed by atoms with van der Waals surface area (Å²) in [7, 11) is 1.78. The Morgan fingerprint density at radius 3 is 3.14 bits per heavy atom. The normalized spacial score (nSPS) is 18.1. The Balaban J connectivity index is 1.72. The quantitative estimate of drug-likeness (QED) is 0.873. The molecule has 0 aliphatic carbocycles. The molecular weight excluding hydrogens is 272 g/mol. The first-order valence-electron chi connectivity index (χ1n) is 7.08. The summed E-state index contributed by atoms with van der Waals surface area (Å²) in [6.07, 6.45) is 4.43. The summed E-state index contributed by atoms with van der Waals surface area (Å²) in [6.45, 7) is 2.90. The van der Waals surface area contributed by atoms with E-state index in [2.05, 4.69) is 25.9 Å². The van der Waals surface area contributed by atoms with Gasteiger partial charge < -0.3 is 9.73 Å². The number of hydrogen-bond acceptors (Lipinski definition) is 6. The summed E-state index contributed by atoms with van der Waals surface area (Å²) in [4.78, 5) is 12.2. The van der Waals surface area contributed by atoms with E-state index in [0.717, 1.165) is 25.1 Å². The summed E-state index contributed by atoms with van der Waals surface area (Å²) >= 11 is 0. The van der Waals surface area contributed by atoms with Crippen molar-refractivity contribution >= 4 is 11.9 Å². The van der Waals surface area contributed by atoms with Crippen molar-refractivity contribution in [2.45, 2.75) is 32.2 Å². The van der Waals surface area contributed by atoms with Crippen molar-refractivity contribution in [1.29, 1.82) is 0 Å². The molecule has 1 atom stereocenters. The fourth-order valence-corrected chi connectivity index (χ4v) is 2.47. The maximum atomic E-state index is 12.2. The van der Waals surface area contributed by atoms with E-state index in [9.17, 15) is 4.79 Å². The molecule has 2 N–H and O–H groups in total. The van der Waals surface area contributed by atoms with Crippen LogP contribution < -0.4 is 10.6 Å². The number of rotatable bonds is 4. The minimum Gasteiger partial charge on any atom is -0.406 e. The predicted octanol–water partition coefficient (Wildman–Crippen LogP) is 1.04. The lowest BCUT2D eigenvalue weighted by molar-refractivity contribution is 0.102. The number of hydrogen-bond donors (Lipinski definition) is 2. The second kappa shape index (κ2) is 5.65. The Hall–Kier alpha value is -2.22. The van der Waals surface area contributed by atoms with Gasteiger partial charge in [0.2, 0.25) is 5.89 Å². The maximum Gasteiger partial charge on any atom is 0.322 e. The van der Waals surface area contributed by atoms with Crippen LogP contribution in [0.3, 0.4) is 0 Å². The Morgan fingerprint density at radius 2 is 2.43 bits per heavy atom. The second-order valence-corrected chi connectivity index (χ2v) is 5.07. The Morgan fingerprint density at radius 1 is 1.57 bits per heavy atom. The van der Waals surface area contributed by atoms with Crippen LogP contribution in [-0.4, -0.2) is 32.4 Å². The molecule has 21 heavy (non-hydrogen) atoms. The molecule has 1 unspecified atom stereocenters. The van der Waals surface area contributed by atoms with Gasteiger partial charge in [-0.15, -0.1) is 5.10 Å². The fourth-order valence-electron chi connectivity index (χ4n) is 2.47. The largest absolute Gasteiger partial charge is 0.406 e. The van der Waals surface area contributed by atoms with E-state index in [0.29, 0.717) is 17.9 Å². The third-order valence-electron chi connectivity index (χ3n) is 3.50. The van der Waals surface area contributed by atoms with Crippen molar-refractivity contribution in [1.82, 2.24) is 25.3 Å². The SMILES string of the molecule is CCc1nn(C)cc1C(=O)Nc1nnc(C2CCCN2)o1. The van der Waals surface area contributed by atoms with Crippen LogP contribution in [0.1, 0.15) is 47.7 Å². The van der Waals surface area contributed by atoms with Gasteiger partial charge in [-0.05, 0) is 25.8 Å². The topological polar surface area (TPSA) is 97.9 Å². The van der Waals surface area contributed by atoms with E-state index in [1.165, 1.54) is 0 Å². The molecule has 112 valence electrons. The summed E-state index contributed by atoms with van der Waals surface area (Å²) in [5.74, 6) is 0.235. The van der Waals surface area contributed by atoms with Gasteiger partial charge in [-0.25, -0.2) is 0 Å². The minimum atomic E-state index is -0.283. The first-order chi connectivity index (χ1) is 10.2. The number of carbonyl (C=O) groups is 1. The van der Waals surface area contributed by atoms with Gasteiger partial charge in [0, 0.05) is 13.2 Å². The first-order valence-corrected chi connectivity index (χ1v) is 7.08. The van der Waals surface area contributed by atoms with E-state index in [-0.39, 0.29) is 18.0 Å². The molecule has 0 saturated carbocycles. The van der Waals surface area contributed by atoms with Crippen LogP contribution in [0.25, 0.3) is 0 Å². The monoisotopic (exact) mass is 290 g/mol. The summed E-state index contributed by atoms with van der Waals surface area (Å²) in [5.41, 5.74) is 1.27. The molecule has 1 fully saturated rings. The zero-order chi connectivity index (χ0) is 14.8. The molecule has 1 aliphatic rings. The molecule has 8 heteroatoms. The van der Waals surface area contributed by atoms with Gasteiger partial charge in [0.15, 0.2) is 0 Å². The lowest BCUT2D eigenvalue weighted by atomic mass is 10.2. The number of anilines is 1. The van der Waals surface area contributed by atoms with Crippen molar-refractivity contribution < 1.29 is 9.21 Å². The van der Waals surface area contributed by atoms with Crippen molar-refractivity contribution in [3.63, 3.8) is 0 Å². The Kier molecular flexibility index (Phi) is 3.70. The van der Waals surface area contributed by atoms with Gasteiger partial charge >= 0.3 is 6.01 Å². The van der Waals surface area contributed by atoms with E-state index >= 15 is 0 Å². The third kappa shape index (κ3) is 2.80. The number of amides is 1. The minimum absolute atomic E-state index is 0.0905. The molecular formula is C13H18N6O2. The zero-order valence-electron chi connectivity index (χ0n) is 12.1. The van der Waals surface area contributed by atoms with E-state index in [1.54, 1.807) is 17.9 Å². The lowest BCUT2D eigenvalue weighted by Gasteiger charge is -2.02. The standard InChI is InChI=1S/C13H18N6O2/c1-3-9-8(7-19(2)18-9)11(20)15-13-17-16-12(21-13)10-5-4-6-14-10/h7,10,14H,3-6H2,1-2H3,(H,15,17,20). The molecule has 0 radical (unpaired) electrons. The smallest absolute Gasteiger partial charge is 0.322 e. The van der Waals surface area contributed by atoms with Gasteiger partial charge in [-0.2, -0.15) is 5.10 Å². The second-order valence-electron chi connectivity index (χ2n) is 5.07. The number of nitrogens with one attached hydrogen (secondary N) is 2. The molecule has 0 bridgehead atoms. The molecule has 1 amide bonds. The predicted molar refractivity (Wildman–Crippen MR) is 74.8 cm³/mol. The molecule has 1 aliphatic heterocycles. The molecule has 3 heterocycles. The average Bonchev–Trinajstić information content (AvgIpc) is 3.16. The van der Waals surface area contributed by atoms with Crippen molar-refractivity contribution in [3.8, 4) is 0 Å². The number of aryl methyl sites for hydroxylation is 2.